The first-order chi connectivity index (χ1) is 8.72. The number of hydrogen-bond acceptors (Lipinski definition) is 3. The highest BCUT2D eigenvalue weighted by molar-refractivity contribution is 6.29. The van der Waals surface area contributed by atoms with Crippen molar-refractivity contribution in [2.45, 2.75) is 31.7 Å². The average Bonchev–Trinajstić information content (AvgIpc) is 2.38. The number of fused-ring (bicyclic) bond motifs is 1. The number of benzene rings is 1. The van der Waals surface area contributed by atoms with Gasteiger partial charge in [0.25, 0.3) is 0 Å². The summed E-state index contributed by atoms with van der Waals surface area (Å²) in [7, 11) is 2.09. The second kappa shape index (κ2) is 4.43. The maximum Gasteiger partial charge on any atom is 0.205 e. The Morgan fingerprint density at radius 2 is 2.22 bits per heavy atom. The highest BCUT2D eigenvalue weighted by Gasteiger charge is 2.42. The van der Waals surface area contributed by atoms with Gasteiger partial charge in [-0.1, -0.05) is 19.0 Å². The lowest BCUT2D eigenvalue weighted by molar-refractivity contribution is 0.00289. The van der Waals surface area contributed by atoms with Crippen LogP contribution < -0.4 is 4.74 Å². The van der Waals surface area contributed by atoms with Crippen LogP contribution in [0.4, 0.5) is 0 Å². The van der Waals surface area contributed by atoms with Gasteiger partial charge in [0.1, 0.15) is 11.4 Å². The van der Waals surface area contributed by atoms with E-state index in [1.54, 1.807) is 0 Å². The van der Waals surface area contributed by atoms with Crippen LogP contribution >= 0.6 is 0 Å². The Morgan fingerprint density at radius 3 is 3.06 bits per heavy atom. The number of rotatable bonds is 1. The van der Waals surface area contributed by atoms with E-state index in [9.17, 15) is 4.79 Å². The van der Waals surface area contributed by atoms with E-state index in [-0.39, 0.29) is 11.4 Å². The fourth-order valence-electron chi connectivity index (χ4n) is 3.02. The van der Waals surface area contributed by atoms with Crippen LogP contribution in [-0.4, -0.2) is 36.7 Å². The number of carbonyl (C=O) groups excluding carboxylic acids is 1. The third kappa shape index (κ3) is 1.95. The summed E-state index contributed by atoms with van der Waals surface area (Å²) in [6.07, 6.45) is 2.56. The molecule has 1 aromatic carbocycles. The number of Topliss-reactive ketones (excluding diaryl/α,β-unsaturated/α-hetero) is 1. The Hall–Kier alpha value is -1.29. The average molecular weight is 242 g/mol. The molecule has 0 aromatic heterocycles. The first-order valence-corrected chi connectivity index (χ1v) is 6.57. The zero-order valence-corrected chi connectivity index (χ0v) is 10.7. The third-order valence-electron chi connectivity index (χ3n) is 3.93. The topological polar surface area (TPSA) is 29.5 Å². The van der Waals surface area contributed by atoms with Gasteiger partial charge in [-0.05, 0) is 31.5 Å². The summed E-state index contributed by atoms with van der Waals surface area (Å²) >= 11 is 0. The van der Waals surface area contributed by atoms with E-state index in [1.165, 1.54) is 0 Å². The summed E-state index contributed by atoms with van der Waals surface area (Å²) in [4.78, 5) is 14.5. The quantitative estimate of drug-likeness (QED) is 0.706. The predicted molar refractivity (Wildman–Crippen MR) is 71.2 cm³/mol. The molecule has 93 valence electrons. The van der Waals surface area contributed by atoms with Crippen molar-refractivity contribution in [2.24, 2.45) is 0 Å². The van der Waals surface area contributed by atoms with Gasteiger partial charge in [-0.15, -0.1) is 0 Å². The lowest BCUT2D eigenvalue weighted by Crippen LogP contribution is -2.55. The van der Waals surface area contributed by atoms with Crippen molar-refractivity contribution in [1.29, 1.82) is 0 Å². The lowest BCUT2D eigenvalue weighted by Gasteiger charge is -2.44. The van der Waals surface area contributed by atoms with Crippen molar-refractivity contribution in [1.82, 2.24) is 4.81 Å². The van der Waals surface area contributed by atoms with Gasteiger partial charge in [-0.2, -0.15) is 0 Å². The van der Waals surface area contributed by atoms with E-state index < -0.39 is 0 Å². The summed E-state index contributed by atoms with van der Waals surface area (Å²) in [6.45, 7) is 3.93. The Kier molecular flexibility index (Phi) is 2.90. The molecular weight excluding hydrogens is 225 g/mol. The fraction of sp³-hybridized carbons (Fsp3) is 0.500. The van der Waals surface area contributed by atoms with Crippen molar-refractivity contribution in [3.63, 3.8) is 0 Å². The van der Waals surface area contributed by atoms with Crippen LogP contribution in [0.2, 0.25) is 6.82 Å². The van der Waals surface area contributed by atoms with Gasteiger partial charge < -0.3 is 9.55 Å². The van der Waals surface area contributed by atoms with Gasteiger partial charge in [0.2, 0.25) is 7.41 Å². The van der Waals surface area contributed by atoms with Crippen LogP contribution in [-0.2, 0) is 0 Å². The number of ketones is 1. The van der Waals surface area contributed by atoms with Crippen LogP contribution in [0.5, 0.6) is 5.75 Å². The molecule has 1 unspecified atom stereocenters. The van der Waals surface area contributed by atoms with Crippen LogP contribution in [0.25, 0.3) is 0 Å². The largest absolute Gasteiger partial charge is 0.485 e. The number of para-hydroxylation sites is 1. The molecule has 0 saturated carbocycles. The third-order valence-corrected chi connectivity index (χ3v) is 3.93. The van der Waals surface area contributed by atoms with Crippen LogP contribution in [0.1, 0.15) is 29.6 Å². The van der Waals surface area contributed by atoms with Gasteiger partial charge in [0.05, 0.1) is 12.0 Å². The summed E-state index contributed by atoms with van der Waals surface area (Å²) < 4.78 is 6.18. The van der Waals surface area contributed by atoms with E-state index in [1.807, 2.05) is 31.1 Å². The molecule has 1 atom stereocenters. The number of nitrogens with zero attached hydrogens (tertiary/aromatic N) is 1. The van der Waals surface area contributed by atoms with Crippen molar-refractivity contribution in [3.05, 3.63) is 29.8 Å². The molecule has 4 heteroatoms. The van der Waals surface area contributed by atoms with Crippen molar-refractivity contribution in [2.75, 3.05) is 13.1 Å². The molecule has 2 heterocycles. The second-order valence-electron chi connectivity index (χ2n) is 5.21. The zero-order chi connectivity index (χ0) is 12.6. The van der Waals surface area contributed by atoms with Crippen molar-refractivity contribution >= 4 is 13.2 Å². The van der Waals surface area contributed by atoms with E-state index in [0.29, 0.717) is 6.42 Å². The van der Waals surface area contributed by atoms with Crippen LogP contribution in [0.3, 0.4) is 0 Å². The molecule has 2 aliphatic heterocycles. The Bertz CT molecular complexity index is 477. The van der Waals surface area contributed by atoms with Crippen LogP contribution in [0.15, 0.2) is 24.3 Å². The molecule has 1 aromatic rings. The van der Waals surface area contributed by atoms with Gasteiger partial charge in [-0.25, -0.2) is 0 Å². The molecule has 18 heavy (non-hydrogen) atoms. The number of piperidine rings is 1. The SMILES string of the molecule is C[B]N1CCCC2(CC(=O)c3ccccc3O2)C1. The molecule has 2 aliphatic rings. The molecule has 0 aliphatic carbocycles. The van der Waals surface area contributed by atoms with Gasteiger partial charge in [0, 0.05) is 6.54 Å². The fourth-order valence-corrected chi connectivity index (χ4v) is 3.02. The van der Waals surface area contributed by atoms with E-state index >= 15 is 0 Å². The summed E-state index contributed by atoms with van der Waals surface area (Å²) in [6, 6.07) is 7.59. The maximum atomic E-state index is 12.2. The molecule has 0 amide bonds. The first kappa shape index (κ1) is 11.8. The Balaban J connectivity index is 1.90. The highest BCUT2D eigenvalue weighted by Crippen LogP contribution is 2.37. The molecular formula is C14H17BNO2. The zero-order valence-electron chi connectivity index (χ0n) is 10.7. The molecule has 1 spiro atoms. The summed E-state index contributed by atoms with van der Waals surface area (Å²) in [5.74, 6) is 0.974. The molecule has 1 saturated heterocycles. The maximum absolute atomic E-state index is 12.2. The molecule has 1 radical (unpaired) electrons. The van der Waals surface area contributed by atoms with E-state index in [4.69, 9.17) is 4.74 Å². The minimum absolute atomic E-state index is 0.217. The number of carbonyl (C=O) groups is 1. The minimum atomic E-state index is -0.309. The lowest BCUT2D eigenvalue weighted by atomic mass is 9.80. The molecule has 0 bridgehead atoms. The van der Waals surface area contributed by atoms with Gasteiger partial charge in [0.15, 0.2) is 5.78 Å². The number of hydrogen-bond donors (Lipinski definition) is 0. The van der Waals surface area contributed by atoms with E-state index in [0.717, 1.165) is 37.2 Å². The normalized spacial score (nSPS) is 27.7. The molecule has 1 fully saturated rings. The van der Waals surface area contributed by atoms with E-state index in [2.05, 4.69) is 12.2 Å². The molecule has 3 rings (SSSR count). The Labute approximate surface area is 108 Å². The standard InChI is InChI=1S/C14H17BNO2/c1-15-16-8-4-7-14(10-16)9-12(17)11-5-2-3-6-13(11)18-14/h2-3,5-6H,4,7-10H2,1H3. The Morgan fingerprint density at radius 1 is 1.39 bits per heavy atom. The monoisotopic (exact) mass is 242 g/mol. The molecule has 0 N–H and O–H groups in total. The first-order valence-electron chi connectivity index (χ1n) is 6.57. The second-order valence-corrected chi connectivity index (χ2v) is 5.21. The van der Waals surface area contributed by atoms with Gasteiger partial charge in [-0.3, -0.25) is 4.79 Å². The number of ether oxygens (including phenoxy) is 1. The van der Waals surface area contributed by atoms with Crippen LogP contribution in [0, 0.1) is 0 Å². The predicted octanol–water partition coefficient (Wildman–Crippen LogP) is 2.15. The van der Waals surface area contributed by atoms with Gasteiger partial charge >= 0.3 is 0 Å². The highest BCUT2D eigenvalue weighted by atomic mass is 16.5. The minimum Gasteiger partial charge on any atom is -0.485 e. The summed E-state index contributed by atoms with van der Waals surface area (Å²) in [5, 5.41) is 0. The van der Waals surface area contributed by atoms with Crippen molar-refractivity contribution in [3.8, 4) is 5.75 Å². The smallest absolute Gasteiger partial charge is 0.205 e. The molecule has 3 nitrogen and oxygen atoms in total. The summed E-state index contributed by atoms with van der Waals surface area (Å²) in [5.41, 5.74) is 0.427. The van der Waals surface area contributed by atoms with Crippen molar-refractivity contribution < 1.29 is 9.53 Å².